The molecule has 1 aliphatic heterocycles. The van der Waals surface area contributed by atoms with Gasteiger partial charge in [-0.15, -0.1) is 0 Å². The first-order chi connectivity index (χ1) is 8.72. The third-order valence-corrected chi connectivity index (χ3v) is 3.69. The minimum Gasteiger partial charge on any atom is -0.381 e. The lowest BCUT2D eigenvalue weighted by Crippen LogP contribution is -2.36. The average molecular weight is 249 g/mol. The largest absolute Gasteiger partial charge is 0.381 e. The first-order valence-corrected chi connectivity index (χ1v) is 6.53. The highest BCUT2D eigenvalue weighted by Crippen LogP contribution is 2.30. The summed E-state index contributed by atoms with van der Waals surface area (Å²) in [5, 5.41) is 0. The van der Waals surface area contributed by atoms with Crippen LogP contribution in [-0.4, -0.2) is 27.3 Å². The van der Waals surface area contributed by atoms with Crippen LogP contribution in [0.5, 0.6) is 0 Å². The van der Waals surface area contributed by atoms with Crippen molar-refractivity contribution in [2.24, 2.45) is 11.8 Å². The van der Waals surface area contributed by atoms with Crippen LogP contribution in [0.4, 0.5) is 5.69 Å². The molecule has 0 bridgehead atoms. The maximum Gasteiger partial charge on any atom is 0.0489 e. The topological polar surface area (TPSA) is 50.5 Å². The third-order valence-electron chi connectivity index (χ3n) is 3.69. The molecule has 100 valence electrons. The van der Waals surface area contributed by atoms with Crippen LogP contribution in [-0.2, 0) is 4.74 Å². The molecule has 1 heterocycles. The molecule has 0 aliphatic carbocycles. The maximum absolute atomic E-state index is 5.73. The molecule has 18 heavy (non-hydrogen) atoms. The molecule has 1 aliphatic rings. The number of hydrogen-bond donors (Lipinski definition) is 2. The standard InChI is InChI=1S/C14H23N3O/c1-17(2)13-5-3-11(4-6-13)14(16-15)12-7-9-18-10-8-12/h3-6,12,14,16H,7-10,15H2,1-2H3. The van der Waals surface area contributed by atoms with Gasteiger partial charge in [0.25, 0.3) is 0 Å². The maximum atomic E-state index is 5.73. The van der Waals surface area contributed by atoms with E-state index in [4.69, 9.17) is 10.6 Å². The van der Waals surface area contributed by atoms with Gasteiger partial charge in [0.05, 0.1) is 0 Å². The van der Waals surface area contributed by atoms with Gasteiger partial charge in [-0.3, -0.25) is 11.3 Å². The van der Waals surface area contributed by atoms with Gasteiger partial charge in [0.1, 0.15) is 0 Å². The van der Waals surface area contributed by atoms with E-state index in [0.29, 0.717) is 5.92 Å². The highest BCUT2D eigenvalue weighted by Gasteiger charge is 2.24. The monoisotopic (exact) mass is 249 g/mol. The third kappa shape index (κ3) is 3.02. The predicted octanol–water partition coefficient (Wildman–Crippen LogP) is 1.68. The first-order valence-electron chi connectivity index (χ1n) is 6.53. The van der Waals surface area contributed by atoms with Crippen LogP contribution in [0, 0.1) is 5.92 Å². The summed E-state index contributed by atoms with van der Waals surface area (Å²) >= 11 is 0. The molecule has 1 aromatic carbocycles. The van der Waals surface area contributed by atoms with Gasteiger partial charge in [-0.1, -0.05) is 12.1 Å². The van der Waals surface area contributed by atoms with Gasteiger partial charge in [0.15, 0.2) is 0 Å². The number of nitrogens with two attached hydrogens (primary N) is 1. The normalized spacial score (nSPS) is 18.6. The minimum absolute atomic E-state index is 0.227. The minimum atomic E-state index is 0.227. The molecule has 1 fully saturated rings. The summed E-state index contributed by atoms with van der Waals surface area (Å²) < 4.78 is 5.41. The fourth-order valence-corrected chi connectivity index (χ4v) is 2.53. The second kappa shape index (κ2) is 6.18. The number of nitrogens with zero attached hydrogens (tertiary/aromatic N) is 1. The summed E-state index contributed by atoms with van der Waals surface area (Å²) in [4.78, 5) is 2.10. The highest BCUT2D eigenvalue weighted by molar-refractivity contribution is 5.46. The van der Waals surface area contributed by atoms with Crippen molar-refractivity contribution in [3.05, 3.63) is 29.8 Å². The van der Waals surface area contributed by atoms with E-state index in [2.05, 4.69) is 34.6 Å². The predicted molar refractivity (Wildman–Crippen MR) is 74.4 cm³/mol. The Balaban J connectivity index is 2.11. The van der Waals surface area contributed by atoms with E-state index < -0.39 is 0 Å². The van der Waals surface area contributed by atoms with Crippen LogP contribution in [0.2, 0.25) is 0 Å². The summed E-state index contributed by atoms with van der Waals surface area (Å²) in [6, 6.07) is 8.83. The van der Waals surface area contributed by atoms with E-state index in [1.54, 1.807) is 0 Å². The van der Waals surface area contributed by atoms with Crippen molar-refractivity contribution >= 4 is 5.69 Å². The Hall–Kier alpha value is -1.10. The van der Waals surface area contributed by atoms with E-state index in [1.807, 2.05) is 14.1 Å². The number of hydrazine groups is 1. The first kappa shape index (κ1) is 13.3. The molecule has 0 aromatic heterocycles. The van der Waals surface area contributed by atoms with E-state index in [9.17, 15) is 0 Å². The van der Waals surface area contributed by atoms with Crippen LogP contribution in [0.15, 0.2) is 24.3 Å². The molecule has 0 spiro atoms. The highest BCUT2D eigenvalue weighted by atomic mass is 16.5. The SMILES string of the molecule is CN(C)c1ccc(C(NN)C2CCOCC2)cc1. The van der Waals surface area contributed by atoms with Crippen LogP contribution in [0.25, 0.3) is 0 Å². The van der Waals surface area contributed by atoms with Gasteiger partial charge in [0, 0.05) is 39.0 Å². The van der Waals surface area contributed by atoms with E-state index in [1.165, 1.54) is 11.3 Å². The summed E-state index contributed by atoms with van der Waals surface area (Å²) in [5.74, 6) is 6.30. The number of rotatable bonds is 4. The van der Waals surface area contributed by atoms with Crippen LogP contribution in [0.1, 0.15) is 24.4 Å². The number of ether oxygens (including phenoxy) is 1. The number of nitrogens with one attached hydrogen (secondary N) is 1. The molecule has 4 nitrogen and oxygen atoms in total. The summed E-state index contributed by atoms with van der Waals surface area (Å²) in [7, 11) is 4.10. The molecule has 3 N–H and O–H groups in total. The average Bonchev–Trinajstić information content (AvgIpc) is 2.41. The molecule has 1 saturated heterocycles. The van der Waals surface area contributed by atoms with Crippen molar-refractivity contribution < 1.29 is 4.74 Å². The fourth-order valence-electron chi connectivity index (χ4n) is 2.53. The molecule has 0 amide bonds. The number of anilines is 1. The van der Waals surface area contributed by atoms with Gasteiger partial charge in [-0.25, -0.2) is 0 Å². The van der Waals surface area contributed by atoms with Gasteiger partial charge < -0.3 is 9.64 Å². The van der Waals surface area contributed by atoms with Crippen molar-refractivity contribution in [3.8, 4) is 0 Å². The molecular weight excluding hydrogens is 226 g/mol. The van der Waals surface area contributed by atoms with Crippen molar-refractivity contribution in [3.63, 3.8) is 0 Å². The van der Waals surface area contributed by atoms with Gasteiger partial charge in [-0.05, 0) is 36.5 Å². The van der Waals surface area contributed by atoms with E-state index >= 15 is 0 Å². The lowest BCUT2D eigenvalue weighted by Gasteiger charge is -2.30. The lowest BCUT2D eigenvalue weighted by molar-refractivity contribution is 0.0536. The van der Waals surface area contributed by atoms with Gasteiger partial charge in [0.2, 0.25) is 0 Å². The van der Waals surface area contributed by atoms with Crippen molar-refractivity contribution in [2.75, 3.05) is 32.2 Å². The lowest BCUT2D eigenvalue weighted by atomic mass is 9.87. The molecule has 1 unspecified atom stereocenters. The zero-order valence-corrected chi connectivity index (χ0v) is 11.2. The zero-order valence-electron chi connectivity index (χ0n) is 11.2. The molecule has 1 aromatic rings. The molecule has 4 heteroatoms. The van der Waals surface area contributed by atoms with Crippen molar-refractivity contribution in [2.45, 2.75) is 18.9 Å². The zero-order chi connectivity index (χ0) is 13.0. The Morgan fingerprint density at radius 3 is 2.33 bits per heavy atom. The fraction of sp³-hybridized carbons (Fsp3) is 0.571. The number of benzene rings is 1. The molecule has 0 saturated carbocycles. The van der Waals surface area contributed by atoms with E-state index in [0.717, 1.165) is 26.1 Å². The van der Waals surface area contributed by atoms with Gasteiger partial charge >= 0.3 is 0 Å². The van der Waals surface area contributed by atoms with Gasteiger partial charge in [-0.2, -0.15) is 0 Å². The molecule has 1 atom stereocenters. The Labute approximate surface area is 109 Å². The second-order valence-corrected chi connectivity index (χ2v) is 5.08. The van der Waals surface area contributed by atoms with Crippen LogP contribution >= 0.6 is 0 Å². The smallest absolute Gasteiger partial charge is 0.0489 e. The summed E-state index contributed by atoms with van der Waals surface area (Å²) in [6.07, 6.45) is 2.15. The van der Waals surface area contributed by atoms with Crippen molar-refractivity contribution in [1.29, 1.82) is 0 Å². The Morgan fingerprint density at radius 1 is 1.22 bits per heavy atom. The molecular formula is C14H23N3O. The molecule has 2 rings (SSSR count). The second-order valence-electron chi connectivity index (χ2n) is 5.08. The summed E-state index contributed by atoms with van der Waals surface area (Å²) in [5.41, 5.74) is 5.44. The Kier molecular flexibility index (Phi) is 4.58. The van der Waals surface area contributed by atoms with Crippen LogP contribution < -0.4 is 16.2 Å². The number of hydrogen-bond acceptors (Lipinski definition) is 4. The van der Waals surface area contributed by atoms with E-state index in [-0.39, 0.29) is 6.04 Å². The Bertz CT molecular complexity index is 358. The van der Waals surface area contributed by atoms with Crippen LogP contribution in [0.3, 0.4) is 0 Å². The summed E-state index contributed by atoms with van der Waals surface area (Å²) in [6.45, 7) is 1.69. The van der Waals surface area contributed by atoms with Crippen molar-refractivity contribution in [1.82, 2.24) is 5.43 Å². The molecule has 0 radical (unpaired) electrons. The Morgan fingerprint density at radius 2 is 1.83 bits per heavy atom. The quantitative estimate of drug-likeness (QED) is 0.630.